The quantitative estimate of drug-likeness (QED) is 0.425. The highest BCUT2D eigenvalue weighted by Gasteiger charge is 2.09. The lowest BCUT2D eigenvalue weighted by Gasteiger charge is -2.08. The Morgan fingerprint density at radius 3 is 2.81 bits per heavy atom. The Labute approximate surface area is 182 Å². The van der Waals surface area contributed by atoms with E-state index in [4.69, 9.17) is 4.74 Å². The van der Waals surface area contributed by atoms with Gasteiger partial charge in [0.15, 0.2) is 0 Å². The largest absolute Gasteiger partial charge is 0.487 e. The highest BCUT2D eigenvalue weighted by molar-refractivity contribution is 7.07. The average Bonchev–Trinajstić information content (AvgIpc) is 3.48. The van der Waals surface area contributed by atoms with Crippen LogP contribution in [-0.2, 0) is 6.61 Å². The van der Waals surface area contributed by atoms with Gasteiger partial charge < -0.3 is 10.1 Å². The molecule has 0 fully saturated rings. The zero-order chi connectivity index (χ0) is 21.0. The summed E-state index contributed by atoms with van der Waals surface area (Å²) in [7, 11) is 0. The van der Waals surface area contributed by atoms with E-state index in [2.05, 4.69) is 20.3 Å². The van der Waals surface area contributed by atoms with Gasteiger partial charge in [0.25, 0.3) is 5.91 Å². The van der Waals surface area contributed by atoms with E-state index in [1.54, 1.807) is 29.9 Å². The maximum absolute atomic E-state index is 12.7. The van der Waals surface area contributed by atoms with Gasteiger partial charge in [0, 0.05) is 40.8 Å². The lowest BCUT2D eigenvalue weighted by atomic mass is 10.1. The van der Waals surface area contributed by atoms with Crippen molar-refractivity contribution in [1.29, 1.82) is 0 Å². The summed E-state index contributed by atoms with van der Waals surface area (Å²) >= 11 is 1.52. The normalized spacial score (nSPS) is 10.8. The van der Waals surface area contributed by atoms with E-state index >= 15 is 0 Å². The van der Waals surface area contributed by atoms with E-state index in [1.807, 2.05) is 58.6 Å². The first kappa shape index (κ1) is 19.0. The molecule has 0 saturated heterocycles. The number of nitrogens with zero attached hydrogens (tertiary/aromatic N) is 4. The molecule has 0 spiro atoms. The van der Waals surface area contributed by atoms with Crippen LogP contribution in [-0.4, -0.2) is 25.3 Å². The maximum atomic E-state index is 12.7. The zero-order valence-electron chi connectivity index (χ0n) is 16.3. The molecule has 0 unspecified atom stereocenters. The number of carbonyl (C=O) groups excluding carboxylic acids is 1. The number of aromatic nitrogens is 4. The highest BCUT2D eigenvalue weighted by atomic mass is 32.1. The van der Waals surface area contributed by atoms with Gasteiger partial charge in [-0.1, -0.05) is 18.2 Å². The van der Waals surface area contributed by atoms with Gasteiger partial charge in [-0.15, -0.1) is 11.3 Å². The Morgan fingerprint density at radius 1 is 1.10 bits per heavy atom. The number of ether oxygens (including phenoxy) is 1. The molecule has 0 atom stereocenters. The molecule has 2 aromatic carbocycles. The first-order chi connectivity index (χ1) is 15.2. The fourth-order valence-corrected chi connectivity index (χ4v) is 3.63. The van der Waals surface area contributed by atoms with E-state index in [9.17, 15) is 4.79 Å². The van der Waals surface area contributed by atoms with Crippen molar-refractivity contribution in [3.63, 3.8) is 0 Å². The molecule has 5 aromatic rings. The predicted molar refractivity (Wildman–Crippen MR) is 119 cm³/mol. The number of nitrogens with one attached hydrogen (secondary N) is 1. The number of anilines is 1. The van der Waals surface area contributed by atoms with Crippen molar-refractivity contribution in [1.82, 2.24) is 19.4 Å². The van der Waals surface area contributed by atoms with Crippen molar-refractivity contribution in [2.75, 3.05) is 5.32 Å². The van der Waals surface area contributed by atoms with Gasteiger partial charge in [0.05, 0.1) is 16.9 Å². The Bertz CT molecular complexity index is 1300. The molecule has 1 N–H and O–H groups in total. The molecule has 0 bridgehead atoms. The van der Waals surface area contributed by atoms with Crippen LogP contribution in [0.3, 0.4) is 0 Å². The van der Waals surface area contributed by atoms with Crippen LogP contribution < -0.4 is 10.1 Å². The molecule has 1 amide bonds. The SMILES string of the molecule is O=C(Nc1ccc(-c2cn3cccnc3n2)cc1)c1cccc(OCc2cscn2)c1. The summed E-state index contributed by atoms with van der Waals surface area (Å²) in [6, 6.07) is 16.5. The summed E-state index contributed by atoms with van der Waals surface area (Å²) in [6.45, 7) is 0.370. The minimum atomic E-state index is -0.205. The van der Waals surface area contributed by atoms with Crippen molar-refractivity contribution in [2.24, 2.45) is 0 Å². The molecular formula is C23H17N5O2S. The first-order valence-corrected chi connectivity index (χ1v) is 10.5. The number of rotatable bonds is 6. The molecule has 0 radical (unpaired) electrons. The highest BCUT2D eigenvalue weighted by Crippen LogP contribution is 2.22. The smallest absolute Gasteiger partial charge is 0.255 e. The number of thiazole rings is 1. The summed E-state index contributed by atoms with van der Waals surface area (Å²) in [6.07, 6.45) is 5.54. The van der Waals surface area contributed by atoms with Crippen molar-refractivity contribution in [2.45, 2.75) is 6.61 Å². The van der Waals surface area contributed by atoms with Gasteiger partial charge in [-0.25, -0.2) is 15.0 Å². The number of benzene rings is 2. The van der Waals surface area contributed by atoms with Crippen LogP contribution in [0.5, 0.6) is 5.75 Å². The zero-order valence-corrected chi connectivity index (χ0v) is 17.1. The monoisotopic (exact) mass is 427 g/mol. The van der Waals surface area contributed by atoms with Gasteiger partial charge in [-0.3, -0.25) is 9.20 Å². The maximum Gasteiger partial charge on any atom is 0.255 e. The molecule has 0 aliphatic carbocycles. The van der Waals surface area contributed by atoms with Gasteiger partial charge in [0.2, 0.25) is 5.78 Å². The Morgan fingerprint density at radius 2 is 2.00 bits per heavy atom. The van der Waals surface area contributed by atoms with Gasteiger partial charge in [0.1, 0.15) is 12.4 Å². The van der Waals surface area contributed by atoms with Crippen LogP contribution in [0.4, 0.5) is 5.69 Å². The Kier molecular flexibility index (Phi) is 5.12. The fraction of sp³-hybridized carbons (Fsp3) is 0.0435. The van der Waals surface area contributed by atoms with Gasteiger partial charge >= 0.3 is 0 Å². The third-order valence-corrected chi connectivity index (χ3v) is 5.28. The molecule has 0 aliphatic rings. The molecule has 5 rings (SSSR count). The molecule has 31 heavy (non-hydrogen) atoms. The molecule has 7 nitrogen and oxygen atoms in total. The second-order valence-electron chi connectivity index (χ2n) is 6.78. The third kappa shape index (κ3) is 4.29. The van der Waals surface area contributed by atoms with Crippen LogP contribution in [0.2, 0.25) is 0 Å². The molecule has 0 aliphatic heterocycles. The molecule has 3 heterocycles. The average molecular weight is 427 g/mol. The summed E-state index contributed by atoms with van der Waals surface area (Å²) in [5.74, 6) is 1.06. The molecule has 8 heteroatoms. The van der Waals surface area contributed by atoms with E-state index in [0.29, 0.717) is 29.4 Å². The number of hydrogen-bond acceptors (Lipinski definition) is 6. The molecule has 152 valence electrons. The summed E-state index contributed by atoms with van der Waals surface area (Å²) in [5, 5.41) is 4.85. The van der Waals surface area contributed by atoms with Crippen molar-refractivity contribution >= 4 is 28.7 Å². The van der Waals surface area contributed by atoms with Gasteiger partial charge in [-0.05, 0) is 36.4 Å². The number of hydrogen-bond donors (Lipinski definition) is 1. The van der Waals surface area contributed by atoms with Crippen LogP contribution >= 0.6 is 11.3 Å². The van der Waals surface area contributed by atoms with Crippen LogP contribution in [0.15, 0.2) is 84.1 Å². The first-order valence-electron chi connectivity index (χ1n) is 9.56. The molecular weight excluding hydrogens is 410 g/mol. The summed E-state index contributed by atoms with van der Waals surface area (Å²) in [5.41, 5.74) is 5.61. The summed E-state index contributed by atoms with van der Waals surface area (Å²) < 4.78 is 7.60. The lowest BCUT2D eigenvalue weighted by molar-refractivity contribution is 0.102. The minimum Gasteiger partial charge on any atom is -0.487 e. The Hall–Kier alpha value is -4.04. The van der Waals surface area contributed by atoms with E-state index in [0.717, 1.165) is 17.0 Å². The number of imidazole rings is 1. The van der Waals surface area contributed by atoms with Crippen LogP contribution in [0.1, 0.15) is 16.1 Å². The fourth-order valence-electron chi connectivity index (χ4n) is 3.09. The number of carbonyl (C=O) groups is 1. The summed E-state index contributed by atoms with van der Waals surface area (Å²) in [4.78, 5) is 25.6. The molecule has 3 aromatic heterocycles. The Balaban J connectivity index is 1.26. The van der Waals surface area contributed by atoms with Crippen LogP contribution in [0.25, 0.3) is 17.0 Å². The third-order valence-electron chi connectivity index (χ3n) is 4.64. The van der Waals surface area contributed by atoms with Crippen molar-refractivity contribution in [3.8, 4) is 17.0 Å². The van der Waals surface area contributed by atoms with Gasteiger partial charge in [-0.2, -0.15) is 0 Å². The van der Waals surface area contributed by atoms with Crippen LogP contribution in [0, 0.1) is 0 Å². The van der Waals surface area contributed by atoms with Crippen molar-refractivity contribution < 1.29 is 9.53 Å². The minimum absolute atomic E-state index is 0.205. The molecule has 0 saturated carbocycles. The number of fused-ring (bicyclic) bond motifs is 1. The topological polar surface area (TPSA) is 81.4 Å². The number of amides is 1. The standard InChI is InChI=1S/C23H17N5O2S/c29-22(17-3-1-4-20(11-17)30-13-19-14-31-15-25-19)26-18-7-5-16(6-8-18)21-12-28-10-2-9-24-23(28)27-21/h1-12,14-15H,13H2,(H,26,29). The van der Waals surface area contributed by atoms with Crippen molar-refractivity contribution in [3.05, 3.63) is 95.3 Å². The van der Waals surface area contributed by atoms with E-state index < -0.39 is 0 Å². The second kappa shape index (κ2) is 8.37. The van der Waals surface area contributed by atoms with E-state index in [1.165, 1.54) is 11.3 Å². The second-order valence-corrected chi connectivity index (χ2v) is 7.50. The van der Waals surface area contributed by atoms with E-state index in [-0.39, 0.29) is 5.91 Å². The predicted octanol–water partition coefficient (Wildman–Crippen LogP) is 4.68. The lowest BCUT2D eigenvalue weighted by Crippen LogP contribution is -2.12.